The van der Waals surface area contributed by atoms with Crippen molar-refractivity contribution in [1.82, 2.24) is 9.62 Å². The van der Waals surface area contributed by atoms with Gasteiger partial charge in [-0.2, -0.15) is 0 Å². The molecule has 5 nitrogen and oxygen atoms in total. The van der Waals surface area contributed by atoms with E-state index in [2.05, 4.69) is 61.6 Å². The van der Waals surface area contributed by atoms with Gasteiger partial charge < -0.3 is 10.6 Å². The van der Waals surface area contributed by atoms with Crippen molar-refractivity contribution in [3.8, 4) is 0 Å². The second-order valence-electron chi connectivity index (χ2n) is 9.68. The molecule has 0 aliphatic heterocycles. The van der Waals surface area contributed by atoms with Crippen LogP contribution in [0.2, 0.25) is 0 Å². The smallest absolute Gasteiger partial charge is 0.122 e. The Balaban J connectivity index is 0.000000281. The molecule has 1 fully saturated rings. The molecule has 1 unspecified atom stereocenters. The second-order valence-corrected chi connectivity index (χ2v) is 12.0. The minimum atomic E-state index is -2.12. The number of unbranched alkanes of at least 4 members (excludes halogenated alkanes) is 1. The fourth-order valence-corrected chi connectivity index (χ4v) is 4.64. The summed E-state index contributed by atoms with van der Waals surface area (Å²) in [7, 11) is -0.458. The predicted molar refractivity (Wildman–Crippen MR) is 164 cm³/mol. The molecule has 0 amide bonds. The molecular formula is C31H48N4OS. The van der Waals surface area contributed by atoms with Crippen LogP contribution in [0.4, 0.5) is 0 Å². The van der Waals surface area contributed by atoms with Crippen molar-refractivity contribution in [2.75, 3.05) is 20.1 Å². The number of hydrogen-bond acceptors (Lipinski definition) is 3. The molecule has 204 valence electrons. The van der Waals surface area contributed by atoms with Crippen LogP contribution in [-0.4, -0.2) is 41.0 Å². The molecule has 2 aromatic rings. The SMILES string of the molecule is C=CCCCN(CC)C(=C)C.C=S(=O)(Cc1ccccc1)NC.C[C@H]1C[C@@H]1Cc1ccc(C(=N)N)cc1. The van der Waals surface area contributed by atoms with Crippen molar-refractivity contribution in [1.29, 1.82) is 5.41 Å². The number of allylic oxidation sites excluding steroid dienone is 2. The zero-order valence-electron chi connectivity index (χ0n) is 23.3. The van der Waals surface area contributed by atoms with Gasteiger partial charge in [-0.15, -0.1) is 6.58 Å². The lowest BCUT2D eigenvalue weighted by atomic mass is 10.1. The van der Waals surface area contributed by atoms with Gasteiger partial charge in [0.25, 0.3) is 0 Å². The zero-order valence-corrected chi connectivity index (χ0v) is 24.2. The quantitative estimate of drug-likeness (QED) is 0.104. The summed E-state index contributed by atoms with van der Waals surface area (Å²) >= 11 is 0. The third-order valence-electron chi connectivity index (χ3n) is 6.41. The van der Waals surface area contributed by atoms with Gasteiger partial charge in [0.05, 0.1) is 5.75 Å². The largest absolute Gasteiger partial charge is 0.384 e. The van der Waals surface area contributed by atoms with Crippen LogP contribution in [0.1, 0.15) is 56.7 Å². The van der Waals surface area contributed by atoms with Crippen molar-refractivity contribution in [2.24, 2.45) is 17.6 Å². The number of benzene rings is 2. The lowest BCUT2D eigenvalue weighted by molar-refractivity contribution is 0.360. The Labute approximate surface area is 226 Å². The Hall–Kier alpha value is -2.83. The molecule has 3 rings (SSSR count). The summed E-state index contributed by atoms with van der Waals surface area (Å²) in [6.45, 7) is 16.3. The Morgan fingerprint density at radius 3 is 2.22 bits per heavy atom. The summed E-state index contributed by atoms with van der Waals surface area (Å²) in [6, 6.07) is 17.7. The van der Waals surface area contributed by atoms with Gasteiger partial charge in [-0.05, 0) is 75.4 Å². The zero-order chi connectivity index (χ0) is 27.8. The molecule has 1 aliphatic carbocycles. The second kappa shape index (κ2) is 16.8. The molecule has 2 aromatic carbocycles. The van der Waals surface area contributed by atoms with Gasteiger partial charge >= 0.3 is 0 Å². The average Bonchev–Trinajstić information content (AvgIpc) is 3.57. The highest BCUT2D eigenvalue weighted by Crippen LogP contribution is 2.40. The Kier molecular flexibility index (Phi) is 14.6. The molecule has 0 saturated heterocycles. The van der Waals surface area contributed by atoms with E-state index in [-0.39, 0.29) is 5.84 Å². The van der Waals surface area contributed by atoms with Gasteiger partial charge in [0.1, 0.15) is 5.84 Å². The summed E-state index contributed by atoms with van der Waals surface area (Å²) in [6.07, 6.45) is 6.80. The molecule has 1 aliphatic rings. The van der Waals surface area contributed by atoms with Gasteiger partial charge in [0, 0.05) is 34.1 Å². The van der Waals surface area contributed by atoms with Crippen LogP contribution in [-0.2, 0) is 21.9 Å². The molecule has 0 aromatic heterocycles. The lowest BCUT2D eigenvalue weighted by Gasteiger charge is -2.22. The van der Waals surface area contributed by atoms with E-state index in [1.165, 1.54) is 24.8 Å². The first-order valence-electron chi connectivity index (χ1n) is 13.0. The van der Waals surface area contributed by atoms with Crippen LogP contribution in [0.5, 0.6) is 0 Å². The van der Waals surface area contributed by atoms with Crippen LogP contribution in [0.25, 0.3) is 0 Å². The normalized spacial score (nSPS) is 17.1. The summed E-state index contributed by atoms with van der Waals surface area (Å²) in [4.78, 5) is 2.28. The van der Waals surface area contributed by atoms with Crippen LogP contribution < -0.4 is 10.5 Å². The summed E-state index contributed by atoms with van der Waals surface area (Å²) in [5, 5.41) is 7.27. The molecule has 0 heterocycles. The standard InChI is InChI=1S/C12H16N2.C10H19N.C9H13NOS/c1-8-6-11(8)7-9-2-4-10(5-3-9)12(13)14;1-5-7-8-9-11(6-2)10(3)4;1-10-12(2,11)8-9-6-4-3-5-7-9/h2-5,8,11H,6-7H2,1H3,(H3,13,14);5H,1,3,6-9H2,2,4H3;3-7H,2,8H2,1H3,(H,10,11)/t8-,11+;;/m0../s1. The van der Waals surface area contributed by atoms with Crippen molar-refractivity contribution >= 4 is 21.4 Å². The number of nitrogens with one attached hydrogen (secondary N) is 2. The van der Waals surface area contributed by atoms with E-state index in [0.29, 0.717) is 5.75 Å². The number of rotatable bonds is 12. The maximum Gasteiger partial charge on any atom is 0.122 e. The molecule has 0 bridgehead atoms. The number of nitrogens with two attached hydrogens (primary N) is 1. The van der Waals surface area contributed by atoms with Gasteiger partial charge in [-0.25, -0.2) is 4.72 Å². The Morgan fingerprint density at radius 2 is 1.78 bits per heavy atom. The van der Waals surface area contributed by atoms with Crippen molar-refractivity contribution in [3.63, 3.8) is 0 Å². The maximum atomic E-state index is 11.5. The highest BCUT2D eigenvalue weighted by atomic mass is 32.2. The molecule has 0 radical (unpaired) electrons. The topological polar surface area (TPSA) is 82.2 Å². The Morgan fingerprint density at radius 1 is 1.19 bits per heavy atom. The molecule has 6 heteroatoms. The van der Waals surface area contributed by atoms with E-state index >= 15 is 0 Å². The minimum absolute atomic E-state index is 0.149. The Bertz CT molecular complexity index is 1060. The summed E-state index contributed by atoms with van der Waals surface area (Å²) < 4.78 is 14.2. The van der Waals surface area contributed by atoms with Crippen molar-refractivity contribution < 1.29 is 4.21 Å². The average molecular weight is 525 g/mol. The van der Waals surface area contributed by atoms with Crippen molar-refractivity contribution in [3.05, 3.63) is 96.2 Å². The van der Waals surface area contributed by atoms with Crippen LogP contribution in [0.3, 0.4) is 0 Å². The monoisotopic (exact) mass is 524 g/mol. The molecular weight excluding hydrogens is 476 g/mol. The van der Waals surface area contributed by atoms with E-state index < -0.39 is 9.71 Å². The van der Waals surface area contributed by atoms with E-state index in [1.807, 2.05) is 48.5 Å². The minimum Gasteiger partial charge on any atom is -0.384 e. The molecule has 0 spiro atoms. The van der Waals surface area contributed by atoms with E-state index in [0.717, 1.165) is 48.2 Å². The van der Waals surface area contributed by atoms with Gasteiger partial charge in [-0.1, -0.05) is 74.2 Å². The number of hydrogen-bond donors (Lipinski definition) is 3. The molecule has 3 atom stereocenters. The van der Waals surface area contributed by atoms with Crippen LogP contribution in [0, 0.1) is 17.2 Å². The maximum absolute atomic E-state index is 11.5. The first-order chi connectivity index (χ1) is 17.5. The van der Waals surface area contributed by atoms with Crippen LogP contribution >= 0.6 is 0 Å². The van der Waals surface area contributed by atoms with E-state index in [1.54, 1.807) is 7.05 Å². The third-order valence-corrected chi connectivity index (χ3v) is 7.96. The van der Waals surface area contributed by atoms with E-state index in [9.17, 15) is 4.21 Å². The highest BCUT2D eigenvalue weighted by Gasteiger charge is 2.31. The number of nitrogens with zero attached hydrogens (tertiary/aromatic N) is 1. The molecule has 37 heavy (non-hydrogen) atoms. The number of nitrogen functional groups attached to an aromatic ring is 1. The highest BCUT2D eigenvalue weighted by molar-refractivity contribution is 7.97. The fraction of sp³-hybridized carbons (Fsp3) is 0.419. The third kappa shape index (κ3) is 13.9. The first kappa shape index (κ1) is 32.2. The first-order valence-corrected chi connectivity index (χ1v) is 14.9. The lowest BCUT2D eigenvalue weighted by Crippen LogP contribution is -2.21. The van der Waals surface area contributed by atoms with Gasteiger partial charge in [0.2, 0.25) is 0 Å². The van der Waals surface area contributed by atoms with Gasteiger partial charge in [0.15, 0.2) is 0 Å². The van der Waals surface area contributed by atoms with E-state index in [4.69, 9.17) is 11.1 Å². The van der Waals surface area contributed by atoms with Crippen molar-refractivity contribution in [2.45, 2.75) is 52.2 Å². The van der Waals surface area contributed by atoms with Crippen LogP contribution in [0.15, 0.2) is 79.5 Å². The number of amidine groups is 1. The predicted octanol–water partition coefficient (Wildman–Crippen LogP) is 6.01. The summed E-state index contributed by atoms with van der Waals surface area (Å²) in [5.74, 6) is 6.03. The summed E-state index contributed by atoms with van der Waals surface area (Å²) in [5.41, 5.74) is 9.78. The molecule has 1 saturated carbocycles. The molecule has 4 N–H and O–H groups in total. The fourth-order valence-electron chi connectivity index (χ4n) is 3.77. The van der Waals surface area contributed by atoms with Gasteiger partial charge in [-0.3, -0.25) is 9.62 Å².